The molecule has 0 amide bonds. The average Bonchev–Trinajstić information content (AvgIpc) is 3.36. The van der Waals surface area contributed by atoms with Crippen LogP contribution in [0.4, 0.5) is 0 Å². The molecule has 0 spiro atoms. The summed E-state index contributed by atoms with van der Waals surface area (Å²) in [7, 11) is 4.32. The van der Waals surface area contributed by atoms with Crippen molar-refractivity contribution in [3.8, 4) is 5.75 Å². The molecular weight excluding hydrogens is 456 g/mol. The molecule has 4 aromatic rings. The van der Waals surface area contributed by atoms with Crippen LogP contribution in [-0.4, -0.2) is 53.4 Å². The summed E-state index contributed by atoms with van der Waals surface area (Å²) in [5, 5.41) is 18.7. The third-order valence-corrected chi connectivity index (χ3v) is 5.75. The topological polar surface area (TPSA) is 92.8 Å². The maximum Gasteiger partial charge on any atom is 0.290 e. The Bertz CT molecular complexity index is 1140. The van der Waals surface area contributed by atoms with E-state index in [0.29, 0.717) is 13.2 Å². The fourth-order valence-corrected chi connectivity index (χ4v) is 4.02. The van der Waals surface area contributed by atoms with Crippen LogP contribution in [0.1, 0.15) is 29.2 Å². The van der Waals surface area contributed by atoms with Crippen LogP contribution in [0.25, 0.3) is 0 Å². The van der Waals surface area contributed by atoms with E-state index in [1.807, 2.05) is 91.0 Å². The Morgan fingerprint density at radius 1 is 0.917 bits per heavy atom. The number of carboxylic acid groups (broad SMARTS) is 1. The molecule has 0 bridgehead atoms. The van der Waals surface area contributed by atoms with E-state index in [-0.39, 0.29) is 12.4 Å². The van der Waals surface area contributed by atoms with Gasteiger partial charge in [-0.15, -0.1) is 0 Å². The summed E-state index contributed by atoms with van der Waals surface area (Å²) in [6, 6.07) is 28.9. The lowest BCUT2D eigenvalue weighted by Crippen LogP contribution is -2.40. The van der Waals surface area contributed by atoms with Crippen LogP contribution >= 0.6 is 0 Å². The molecule has 0 atom stereocenters. The second-order valence-corrected chi connectivity index (χ2v) is 9.01. The summed E-state index contributed by atoms with van der Waals surface area (Å²) >= 11 is 0. The van der Waals surface area contributed by atoms with E-state index < -0.39 is 5.60 Å². The predicted molar refractivity (Wildman–Crippen MR) is 137 cm³/mol. The molecule has 7 heteroatoms. The lowest BCUT2D eigenvalue weighted by Gasteiger charge is -2.29. The Labute approximate surface area is 211 Å². The van der Waals surface area contributed by atoms with Crippen LogP contribution in [0, 0.1) is 0 Å². The smallest absolute Gasteiger partial charge is 0.290 e. The molecule has 0 saturated heterocycles. The van der Waals surface area contributed by atoms with Gasteiger partial charge in [-0.3, -0.25) is 4.79 Å². The van der Waals surface area contributed by atoms with Gasteiger partial charge in [0.25, 0.3) is 6.47 Å². The van der Waals surface area contributed by atoms with Crippen LogP contribution < -0.4 is 4.74 Å². The third kappa shape index (κ3) is 7.04. The van der Waals surface area contributed by atoms with E-state index in [1.165, 1.54) is 0 Å². The summed E-state index contributed by atoms with van der Waals surface area (Å²) in [6.07, 6.45) is 2.65. The minimum Gasteiger partial charge on any atom is -0.493 e. The Morgan fingerprint density at radius 2 is 1.42 bits per heavy atom. The van der Waals surface area contributed by atoms with Crippen LogP contribution in [0.15, 0.2) is 102 Å². The van der Waals surface area contributed by atoms with Crippen molar-refractivity contribution in [2.24, 2.45) is 0 Å². The van der Waals surface area contributed by atoms with Gasteiger partial charge >= 0.3 is 0 Å². The molecule has 0 aliphatic heterocycles. The fraction of sp³-hybridized carbons (Fsp3) is 0.241. The highest BCUT2D eigenvalue weighted by Gasteiger charge is 2.39. The molecule has 0 fully saturated rings. The molecule has 2 N–H and O–H groups in total. The van der Waals surface area contributed by atoms with Crippen molar-refractivity contribution in [1.82, 2.24) is 4.98 Å². The van der Waals surface area contributed by atoms with Gasteiger partial charge in [-0.1, -0.05) is 78.9 Å². The highest BCUT2D eigenvalue weighted by Crippen LogP contribution is 2.36. The molecule has 3 aromatic carbocycles. The van der Waals surface area contributed by atoms with Crippen LogP contribution in [0.3, 0.4) is 0 Å². The number of nitrogens with zero attached hydrogens (tertiary/aromatic N) is 2. The summed E-state index contributed by atoms with van der Waals surface area (Å²) in [5.74, 6) is 1.91. The highest BCUT2D eigenvalue weighted by atomic mass is 16.5. The minimum absolute atomic E-state index is 0.250. The normalized spacial score (nSPS) is 11.3. The molecule has 0 radical (unpaired) electrons. The number of hydrogen-bond donors (Lipinski definition) is 2. The summed E-state index contributed by atoms with van der Waals surface area (Å²) in [4.78, 5) is 12.9. The van der Waals surface area contributed by atoms with E-state index in [2.05, 4.69) is 19.1 Å². The molecule has 0 aliphatic carbocycles. The number of aromatic nitrogens is 1. The monoisotopic (exact) mass is 489 g/mol. The molecule has 7 nitrogen and oxygen atoms in total. The van der Waals surface area contributed by atoms with Gasteiger partial charge in [0, 0.05) is 6.42 Å². The van der Waals surface area contributed by atoms with Gasteiger partial charge in [0.05, 0.1) is 33.4 Å². The van der Waals surface area contributed by atoms with Gasteiger partial charge in [0.15, 0.2) is 11.4 Å². The maximum absolute atomic E-state index is 11.8. The van der Waals surface area contributed by atoms with Crippen molar-refractivity contribution < 1.29 is 28.6 Å². The Hall–Kier alpha value is -3.94. The quantitative estimate of drug-likeness (QED) is 0.191. The Balaban J connectivity index is 0.00000115. The van der Waals surface area contributed by atoms with Gasteiger partial charge in [0.2, 0.25) is 5.89 Å². The van der Waals surface area contributed by atoms with Gasteiger partial charge in [-0.25, -0.2) is 4.98 Å². The van der Waals surface area contributed by atoms with E-state index in [0.717, 1.165) is 40.1 Å². The first-order valence-corrected chi connectivity index (χ1v) is 11.8. The molecular formula is C29H33N2O5+. The molecule has 0 saturated carbocycles. The zero-order chi connectivity index (χ0) is 25.9. The zero-order valence-electron chi connectivity index (χ0n) is 20.7. The van der Waals surface area contributed by atoms with E-state index in [1.54, 1.807) is 6.20 Å². The highest BCUT2D eigenvalue weighted by molar-refractivity contribution is 5.41. The number of benzene rings is 3. The van der Waals surface area contributed by atoms with Crippen LogP contribution in [0.5, 0.6) is 5.75 Å². The standard InChI is InChI=1S/C28H31N2O3.CH2O2/c1-30(2,19-12-20-32-25-17-10-5-11-18-25)22-26-21-29-27(33-26)28(31,23-13-6-3-7-14-23)24-15-8-4-9-16-24;2-1-3/h3-11,13-18,21,31H,12,19-20,22H2,1-2H3;1H,(H,2,3)/q+1;. The Kier molecular flexibility index (Phi) is 9.39. The zero-order valence-corrected chi connectivity index (χ0v) is 20.7. The van der Waals surface area contributed by atoms with Gasteiger partial charge in [-0.2, -0.15) is 0 Å². The summed E-state index contributed by atoms with van der Waals surface area (Å²) < 4.78 is 12.7. The van der Waals surface area contributed by atoms with Crippen molar-refractivity contribution in [2.45, 2.75) is 18.6 Å². The number of oxazole rings is 1. The van der Waals surface area contributed by atoms with Crippen molar-refractivity contribution >= 4 is 6.47 Å². The molecule has 0 aliphatic rings. The molecule has 1 aromatic heterocycles. The number of hydrogen-bond acceptors (Lipinski definition) is 5. The lowest BCUT2D eigenvalue weighted by molar-refractivity contribution is -0.904. The van der Waals surface area contributed by atoms with Crippen molar-refractivity contribution in [3.63, 3.8) is 0 Å². The first kappa shape index (κ1) is 26.7. The van der Waals surface area contributed by atoms with Gasteiger partial charge < -0.3 is 23.9 Å². The maximum atomic E-state index is 11.8. The lowest BCUT2D eigenvalue weighted by atomic mass is 9.86. The van der Waals surface area contributed by atoms with Gasteiger partial charge in [0.1, 0.15) is 12.3 Å². The average molecular weight is 490 g/mol. The minimum atomic E-state index is -1.46. The SMILES string of the molecule is C[N+](C)(CCCOc1ccccc1)Cc1cnc(C(O)(c2ccccc2)c2ccccc2)o1.O=CO. The van der Waals surface area contributed by atoms with Crippen LogP contribution in [0.2, 0.25) is 0 Å². The summed E-state index contributed by atoms with van der Waals surface area (Å²) in [5.41, 5.74) is -0.0191. The van der Waals surface area contributed by atoms with E-state index >= 15 is 0 Å². The molecule has 1 heterocycles. The number of carbonyl (C=O) groups is 1. The second-order valence-electron chi connectivity index (χ2n) is 9.01. The van der Waals surface area contributed by atoms with Crippen molar-refractivity contribution in [1.29, 1.82) is 0 Å². The Morgan fingerprint density at radius 3 is 1.94 bits per heavy atom. The predicted octanol–water partition coefficient (Wildman–Crippen LogP) is 4.71. The first-order chi connectivity index (χ1) is 17.4. The molecule has 0 unspecified atom stereocenters. The number of para-hydroxylation sites is 1. The third-order valence-electron chi connectivity index (χ3n) is 5.75. The second kappa shape index (κ2) is 12.7. The fourth-order valence-electron chi connectivity index (χ4n) is 4.02. The number of rotatable bonds is 10. The number of ether oxygens (including phenoxy) is 1. The van der Waals surface area contributed by atoms with E-state index in [4.69, 9.17) is 19.1 Å². The molecule has 36 heavy (non-hydrogen) atoms. The number of aliphatic hydroxyl groups is 1. The first-order valence-electron chi connectivity index (χ1n) is 11.8. The van der Waals surface area contributed by atoms with Crippen LogP contribution in [-0.2, 0) is 16.9 Å². The van der Waals surface area contributed by atoms with Gasteiger partial charge in [-0.05, 0) is 23.3 Å². The van der Waals surface area contributed by atoms with Crippen molar-refractivity contribution in [3.05, 3.63) is 120 Å². The largest absolute Gasteiger partial charge is 0.493 e. The molecule has 4 rings (SSSR count). The number of quaternary nitrogens is 1. The van der Waals surface area contributed by atoms with E-state index in [9.17, 15) is 5.11 Å². The molecule has 188 valence electrons. The summed E-state index contributed by atoms with van der Waals surface area (Å²) in [6.45, 7) is 2.00. The van der Waals surface area contributed by atoms with Crippen molar-refractivity contribution in [2.75, 3.05) is 27.2 Å².